The summed E-state index contributed by atoms with van der Waals surface area (Å²) in [6.45, 7) is 2.31. The predicted octanol–water partition coefficient (Wildman–Crippen LogP) is 1.19. The first-order chi connectivity index (χ1) is 12.2. The van der Waals surface area contributed by atoms with E-state index in [0.29, 0.717) is 31.8 Å². The van der Waals surface area contributed by atoms with Gasteiger partial charge in [0.15, 0.2) is 0 Å². The normalized spacial score (nSPS) is 23.0. The molecule has 4 heterocycles. The summed E-state index contributed by atoms with van der Waals surface area (Å²) in [5, 5.41) is 3.01. The average molecular weight is 342 g/mol. The molecule has 7 nitrogen and oxygen atoms in total. The Morgan fingerprint density at radius 2 is 2.28 bits per heavy atom. The lowest BCUT2D eigenvalue weighted by Crippen LogP contribution is -2.53. The number of carbonyl (C=O) groups is 2. The number of amides is 3. The standard InChI is InChI=1S/C18H22N4O3/c1-25-9-8-22-16-5-7-21(12-15(16)19-18(22)24)17(23)13-10-14-4-2-3-6-20(14)11-13/h2-4,6,10-11,15-16H,5,7-9,12H2,1H3,(H,19,24)/t15-,16+/m1/s1. The average Bonchev–Trinajstić information content (AvgIpc) is 3.19. The highest BCUT2D eigenvalue weighted by molar-refractivity contribution is 5.96. The molecule has 0 saturated carbocycles. The molecule has 2 aromatic rings. The van der Waals surface area contributed by atoms with Crippen molar-refractivity contribution in [3.63, 3.8) is 0 Å². The lowest BCUT2D eigenvalue weighted by Gasteiger charge is -2.36. The molecular formula is C18H22N4O3. The molecule has 2 aliphatic heterocycles. The van der Waals surface area contributed by atoms with Gasteiger partial charge >= 0.3 is 6.03 Å². The number of piperidine rings is 1. The minimum absolute atomic E-state index is 0.0147. The predicted molar refractivity (Wildman–Crippen MR) is 92.6 cm³/mol. The molecule has 0 aromatic carbocycles. The summed E-state index contributed by atoms with van der Waals surface area (Å²) in [4.78, 5) is 28.7. The Morgan fingerprint density at radius 1 is 1.40 bits per heavy atom. The number of nitrogens with zero attached hydrogens (tertiary/aromatic N) is 3. The Bertz CT molecular complexity index is 769. The number of hydrogen-bond donors (Lipinski definition) is 1. The zero-order chi connectivity index (χ0) is 17.4. The highest BCUT2D eigenvalue weighted by Crippen LogP contribution is 2.24. The van der Waals surface area contributed by atoms with Crippen LogP contribution in [0.4, 0.5) is 4.79 Å². The molecule has 2 aromatic heterocycles. The van der Waals surface area contributed by atoms with Gasteiger partial charge in [0.05, 0.1) is 24.3 Å². The summed E-state index contributed by atoms with van der Waals surface area (Å²) in [6.07, 6.45) is 4.58. The minimum Gasteiger partial charge on any atom is -0.383 e. The molecule has 3 amide bonds. The maximum atomic E-state index is 12.9. The smallest absolute Gasteiger partial charge is 0.318 e. The number of urea groups is 1. The molecule has 2 fully saturated rings. The van der Waals surface area contributed by atoms with Gasteiger partial charge in [-0.2, -0.15) is 0 Å². The Labute approximate surface area is 146 Å². The molecule has 2 atom stereocenters. The van der Waals surface area contributed by atoms with Gasteiger partial charge in [0.1, 0.15) is 0 Å². The summed E-state index contributed by atoms with van der Waals surface area (Å²) >= 11 is 0. The van der Waals surface area contributed by atoms with Crippen molar-refractivity contribution in [2.24, 2.45) is 0 Å². The van der Waals surface area contributed by atoms with E-state index in [1.165, 1.54) is 0 Å². The van der Waals surface area contributed by atoms with Crippen molar-refractivity contribution < 1.29 is 14.3 Å². The molecule has 132 valence electrons. The van der Waals surface area contributed by atoms with Gasteiger partial charge < -0.3 is 24.3 Å². The lowest BCUT2D eigenvalue weighted by molar-refractivity contribution is 0.0642. The van der Waals surface area contributed by atoms with Gasteiger partial charge in [0.25, 0.3) is 5.91 Å². The van der Waals surface area contributed by atoms with Crippen LogP contribution in [0.25, 0.3) is 5.52 Å². The Hall–Kier alpha value is -2.54. The number of aromatic nitrogens is 1. The topological polar surface area (TPSA) is 66.3 Å². The number of nitrogens with one attached hydrogen (secondary N) is 1. The van der Waals surface area contributed by atoms with Crippen molar-refractivity contribution in [1.29, 1.82) is 0 Å². The number of ether oxygens (including phenoxy) is 1. The SMILES string of the molecule is COCCN1C(=O)N[C@@H]2CN(C(=O)c3cc4ccccn4c3)CC[C@@H]21. The van der Waals surface area contributed by atoms with Crippen LogP contribution in [0.5, 0.6) is 0 Å². The Kier molecular flexibility index (Phi) is 4.09. The molecule has 4 rings (SSSR count). The lowest BCUT2D eigenvalue weighted by atomic mass is 9.99. The fraction of sp³-hybridized carbons (Fsp3) is 0.444. The monoisotopic (exact) mass is 342 g/mol. The van der Waals surface area contributed by atoms with Gasteiger partial charge in [-0.15, -0.1) is 0 Å². The summed E-state index contributed by atoms with van der Waals surface area (Å²) in [5.41, 5.74) is 1.69. The second-order valence-corrected chi connectivity index (χ2v) is 6.61. The molecule has 25 heavy (non-hydrogen) atoms. The molecule has 0 unspecified atom stereocenters. The molecule has 0 aliphatic carbocycles. The summed E-state index contributed by atoms with van der Waals surface area (Å²) in [7, 11) is 1.63. The molecule has 2 aliphatic rings. The van der Waals surface area contributed by atoms with E-state index in [9.17, 15) is 9.59 Å². The number of hydrogen-bond acceptors (Lipinski definition) is 3. The zero-order valence-electron chi connectivity index (χ0n) is 14.2. The molecular weight excluding hydrogens is 320 g/mol. The van der Waals surface area contributed by atoms with Gasteiger partial charge in [-0.1, -0.05) is 6.07 Å². The number of methoxy groups -OCH3 is 1. The fourth-order valence-corrected chi connectivity index (χ4v) is 3.84. The Balaban J connectivity index is 1.47. The van der Waals surface area contributed by atoms with Gasteiger partial charge in [-0.3, -0.25) is 4.79 Å². The number of carbonyl (C=O) groups excluding carboxylic acids is 2. The van der Waals surface area contributed by atoms with Crippen LogP contribution in [0.1, 0.15) is 16.8 Å². The van der Waals surface area contributed by atoms with E-state index < -0.39 is 0 Å². The first-order valence-corrected chi connectivity index (χ1v) is 8.59. The summed E-state index contributed by atoms with van der Waals surface area (Å²) < 4.78 is 7.04. The van der Waals surface area contributed by atoms with Gasteiger partial charge in [-0.25, -0.2) is 4.79 Å². The van der Waals surface area contributed by atoms with Gasteiger partial charge in [0.2, 0.25) is 0 Å². The zero-order valence-corrected chi connectivity index (χ0v) is 14.2. The first-order valence-electron chi connectivity index (χ1n) is 8.59. The molecule has 0 radical (unpaired) electrons. The summed E-state index contributed by atoms with van der Waals surface area (Å²) in [6, 6.07) is 7.85. The van der Waals surface area contributed by atoms with Crippen LogP contribution < -0.4 is 5.32 Å². The van der Waals surface area contributed by atoms with Crippen LogP contribution in [0.15, 0.2) is 36.7 Å². The fourth-order valence-electron chi connectivity index (χ4n) is 3.84. The van der Waals surface area contributed by atoms with E-state index in [0.717, 1.165) is 11.9 Å². The van der Waals surface area contributed by atoms with Crippen molar-refractivity contribution in [2.75, 3.05) is 33.4 Å². The van der Waals surface area contributed by atoms with Crippen molar-refractivity contribution in [1.82, 2.24) is 19.5 Å². The van der Waals surface area contributed by atoms with E-state index in [1.807, 2.05) is 50.9 Å². The molecule has 0 bridgehead atoms. The third-order valence-electron chi connectivity index (χ3n) is 5.12. The number of rotatable bonds is 4. The molecule has 7 heteroatoms. The van der Waals surface area contributed by atoms with Crippen molar-refractivity contribution in [3.8, 4) is 0 Å². The van der Waals surface area contributed by atoms with Crippen LogP contribution in [0.2, 0.25) is 0 Å². The summed E-state index contributed by atoms with van der Waals surface area (Å²) in [5.74, 6) is 0.0201. The van der Waals surface area contributed by atoms with Gasteiger partial charge in [-0.05, 0) is 24.6 Å². The van der Waals surface area contributed by atoms with Crippen molar-refractivity contribution in [2.45, 2.75) is 18.5 Å². The van der Waals surface area contributed by atoms with E-state index >= 15 is 0 Å². The largest absolute Gasteiger partial charge is 0.383 e. The maximum Gasteiger partial charge on any atom is 0.318 e. The Morgan fingerprint density at radius 3 is 3.08 bits per heavy atom. The van der Waals surface area contributed by atoms with E-state index in [1.54, 1.807) is 7.11 Å². The maximum absolute atomic E-state index is 12.9. The molecule has 0 spiro atoms. The van der Waals surface area contributed by atoms with E-state index in [2.05, 4.69) is 5.32 Å². The van der Waals surface area contributed by atoms with Crippen molar-refractivity contribution >= 4 is 17.5 Å². The van der Waals surface area contributed by atoms with Crippen molar-refractivity contribution in [3.05, 3.63) is 42.2 Å². The molecule has 2 saturated heterocycles. The van der Waals surface area contributed by atoms with E-state index in [4.69, 9.17) is 4.74 Å². The number of fused-ring (bicyclic) bond motifs is 2. The highest BCUT2D eigenvalue weighted by Gasteiger charge is 2.43. The highest BCUT2D eigenvalue weighted by atomic mass is 16.5. The number of likely N-dealkylation sites (tertiary alicyclic amines) is 1. The molecule has 1 N–H and O–H groups in total. The van der Waals surface area contributed by atoms with E-state index in [-0.39, 0.29) is 24.0 Å². The number of pyridine rings is 1. The van der Waals surface area contributed by atoms with Crippen LogP contribution in [-0.4, -0.2) is 71.6 Å². The third-order valence-corrected chi connectivity index (χ3v) is 5.12. The van der Waals surface area contributed by atoms with Crippen LogP contribution in [0, 0.1) is 0 Å². The third kappa shape index (κ3) is 2.84. The second-order valence-electron chi connectivity index (χ2n) is 6.61. The second kappa shape index (κ2) is 6.40. The minimum atomic E-state index is -0.0593. The van der Waals surface area contributed by atoms with Crippen LogP contribution in [-0.2, 0) is 4.74 Å². The first kappa shape index (κ1) is 16.0. The van der Waals surface area contributed by atoms with Crippen LogP contribution >= 0.6 is 0 Å². The quantitative estimate of drug-likeness (QED) is 0.908. The van der Waals surface area contributed by atoms with Crippen LogP contribution in [0.3, 0.4) is 0 Å². The van der Waals surface area contributed by atoms with Gasteiger partial charge in [0, 0.05) is 44.7 Å².